The summed E-state index contributed by atoms with van der Waals surface area (Å²) in [7, 11) is 0. The van der Waals surface area contributed by atoms with Crippen molar-refractivity contribution >= 4 is 17.9 Å². The van der Waals surface area contributed by atoms with Crippen molar-refractivity contribution < 1.29 is 9.59 Å². The molecular weight excluding hydrogens is 288 g/mol. The molecule has 2 rings (SSSR count). The second-order valence-electron chi connectivity index (χ2n) is 5.24. The van der Waals surface area contributed by atoms with E-state index in [1.54, 1.807) is 18.2 Å². The molecule has 2 N–H and O–H groups in total. The first-order valence-corrected chi connectivity index (χ1v) is 7.52. The molecule has 0 aliphatic carbocycles. The Labute approximate surface area is 136 Å². The summed E-state index contributed by atoms with van der Waals surface area (Å²) in [5.41, 5.74) is 8.48. The summed E-state index contributed by atoms with van der Waals surface area (Å²) in [5, 5.41) is 0. The van der Waals surface area contributed by atoms with Gasteiger partial charge in [0, 0.05) is 11.6 Å². The molecule has 0 saturated carbocycles. The Bertz CT molecular complexity index is 718. The third-order valence-corrected chi connectivity index (χ3v) is 3.39. The lowest BCUT2D eigenvalue weighted by Crippen LogP contribution is -2.40. The normalized spacial score (nSPS) is 10.5. The van der Waals surface area contributed by atoms with Gasteiger partial charge in [-0.3, -0.25) is 20.4 Å². The summed E-state index contributed by atoms with van der Waals surface area (Å²) >= 11 is 0. The number of hydrogen-bond donors (Lipinski definition) is 2. The van der Waals surface area contributed by atoms with Crippen molar-refractivity contribution in [1.82, 2.24) is 10.9 Å². The highest BCUT2D eigenvalue weighted by atomic mass is 16.2. The largest absolute Gasteiger partial charge is 0.269 e. The molecule has 4 heteroatoms. The highest BCUT2D eigenvalue weighted by molar-refractivity contribution is 5.97. The number of hydrogen-bond acceptors (Lipinski definition) is 2. The van der Waals surface area contributed by atoms with Gasteiger partial charge in [0.15, 0.2) is 0 Å². The number of nitrogens with one attached hydrogen (secondary N) is 2. The molecule has 0 aromatic heterocycles. The van der Waals surface area contributed by atoms with Gasteiger partial charge in [-0.05, 0) is 42.7 Å². The van der Waals surface area contributed by atoms with E-state index >= 15 is 0 Å². The molecule has 0 spiro atoms. The minimum atomic E-state index is -0.384. The number of benzene rings is 2. The molecule has 0 atom stereocenters. The SMILES string of the molecule is CCc1ccc(C(=O)NNC(=O)/C=C/c2cccc(C)c2)cc1. The number of rotatable bonds is 4. The van der Waals surface area contributed by atoms with E-state index in [4.69, 9.17) is 0 Å². The molecule has 2 aromatic carbocycles. The molecular formula is C19H20N2O2. The van der Waals surface area contributed by atoms with E-state index in [1.165, 1.54) is 6.08 Å². The quantitative estimate of drug-likeness (QED) is 0.674. The number of amides is 2. The standard InChI is InChI=1S/C19H20N2O2/c1-3-15-7-10-17(11-8-15)19(23)21-20-18(22)12-9-16-6-4-5-14(2)13-16/h4-13H,3H2,1-2H3,(H,20,22)(H,21,23)/b12-9+. The first-order valence-electron chi connectivity index (χ1n) is 7.52. The molecule has 23 heavy (non-hydrogen) atoms. The van der Waals surface area contributed by atoms with Crippen molar-refractivity contribution in [3.05, 3.63) is 76.9 Å². The van der Waals surface area contributed by atoms with E-state index in [1.807, 2.05) is 43.3 Å². The monoisotopic (exact) mass is 308 g/mol. The van der Waals surface area contributed by atoms with Gasteiger partial charge in [-0.2, -0.15) is 0 Å². The van der Waals surface area contributed by atoms with Gasteiger partial charge in [0.05, 0.1) is 0 Å². The highest BCUT2D eigenvalue weighted by Gasteiger charge is 2.05. The summed E-state index contributed by atoms with van der Waals surface area (Å²) in [6.45, 7) is 4.04. The predicted octanol–water partition coefficient (Wildman–Crippen LogP) is 3.03. The molecule has 0 saturated heterocycles. The van der Waals surface area contributed by atoms with Crippen LogP contribution in [0.25, 0.3) is 6.08 Å². The molecule has 0 aliphatic heterocycles. The molecule has 0 aliphatic rings. The summed E-state index contributed by atoms with van der Waals surface area (Å²) in [6.07, 6.45) is 4.00. The zero-order valence-corrected chi connectivity index (χ0v) is 13.3. The zero-order valence-electron chi connectivity index (χ0n) is 13.3. The van der Waals surface area contributed by atoms with Crippen LogP contribution in [-0.4, -0.2) is 11.8 Å². The van der Waals surface area contributed by atoms with Crippen molar-refractivity contribution in [2.24, 2.45) is 0 Å². The first-order chi connectivity index (χ1) is 11.1. The number of hydrazine groups is 1. The van der Waals surface area contributed by atoms with Crippen LogP contribution in [0, 0.1) is 6.92 Å². The van der Waals surface area contributed by atoms with Crippen LogP contribution in [0.4, 0.5) is 0 Å². The Kier molecular flexibility index (Phi) is 5.69. The van der Waals surface area contributed by atoms with E-state index in [2.05, 4.69) is 17.8 Å². The van der Waals surface area contributed by atoms with E-state index in [-0.39, 0.29) is 11.8 Å². The minimum Gasteiger partial charge on any atom is -0.268 e. The number of aryl methyl sites for hydroxylation is 2. The molecule has 0 radical (unpaired) electrons. The third-order valence-electron chi connectivity index (χ3n) is 3.39. The van der Waals surface area contributed by atoms with Crippen LogP contribution < -0.4 is 10.9 Å². The number of carbonyl (C=O) groups is 2. The van der Waals surface area contributed by atoms with Gasteiger partial charge in [0.25, 0.3) is 11.8 Å². The second-order valence-corrected chi connectivity index (χ2v) is 5.24. The van der Waals surface area contributed by atoms with Crippen LogP contribution in [0.3, 0.4) is 0 Å². The van der Waals surface area contributed by atoms with Crippen LogP contribution in [0.1, 0.15) is 34.0 Å². The lowest BCUT2D eigenvalue weighted by Gasteiger charge is -2.06. The van der Waals surface area contributed by atoms with Gasteiger partial charge in [0.2, 0.25) is 0 Å². The summed E-state index contributed by atoms with van der Waals surface area (Å²) in [6, 6.07) is 15.1. The fraction of sp³-hybridized carbons (Fsp3) is 0.158. The first kappa shape index (κ1) is 16.5. The van der Waals surface area contributed by atoms with Gasteiger partial charge in [0.1, 0.15) is 0 Å². The van der Waals surface area contributed by atoms with Gasteiger partial charge < -0.3 is 0 Å². The molecule has 0 fully saturated rings. The van der Waals surface area contributed by atoms with Crippen molar-refractivity contribution in [3.8, 4) is 0 Å². The van der Waals surface area contributed by atoms with Crippen molar-refractivity contribution in [2.75, 3.05) is 0 Å². The summed E-state index contributed by atoms with van der Waals surface area (Å²) < 4.78 is 0. The molecule has 0 unspecified atom stereocenters. The average molecular weight is 308 g/mol. The van der Waals surface area contributed by atoms with Gasteiger partial charge in [-0.1, -0.05) is 48.9 Å². The lowest BCUT2D eigenvalue weighted by atomic mass is 10.1. The maximum Gasteiger partial charge on any atom is 0.269 e. The van der Waals surface area contributed by atoms with Crippen LogP contribution in [-0.2, 0) is 11.2 Å². The zero-order chi connectivity index (χ0) is 16.7. The molecule has 0 bridgehead atoms. The second kappa shape index (κ2) is 7.94. The average Bonchev–Trinajstić information content (AvgIpc) is 2.58. The van der Waals surface area contributed by atoms with Crippen LogP contribution in [0.5, 0.6) is 0 Å². The maximum absolute atomic E-state index is 11.9. The molecule has 118 valence electrons. The van der Waals surface area contributed by atoms with Crippen LogP contribution in [0.15, 0.2) is 54.6 Å². The maximum atomic E-state index is 11.9. The lowest BCUT2D eigenvalue weighted by molar-refractivity contribution is -0.117. The van der Waals surface area contributed by atoms with E-state index in [9.17, 15) is 9.59 Å². The van der Waals surface area contributed by atoms with E-state index < -0.39 is 0 Å². The topological polar surface area (TPSA) is 58.2 Å². The fourth-order valence-corrected chi connectivity index (χ4v) is 2.07. The smallest absolute Gasteiger partial charge is 0.268 e. The van der Waals surface area contributed by atoms with Crippen molar-refractivity contribution in [2.45, 2.75) is 20.3 Å². The van der Waals surface area contributed by atoms with Gasteiger partial charge in [-0.25, -0.2) is 0 Å². The van der Waals surface area contributed by atoms with Crippen LogP contribution >= 0.6 is 0 Å². The van der Waals surface area contributed by atoms with Gasteiger partial charge in [-0.15, -0.1) is 0 Å². The predicted molar refractivity (Wildman–Crippen MR) is 91.6 cm³/mol. The fourth-order valence-electron chi connectivity index (χ4n) is 2.07. The Balaban J connectivity index is 1.87. The van der Waals surface area contributed by atoms with Crippen molar-refractivity contribution in [3.63, 3.8) is 0 Å². The summed E-state index contributed by atoms with van der Waals surface area (Å²) in [4.78, 5) is 23.6. The molecule has 4 nitrogen and oxygen atoms in total. The third kappa shape index (κ3) is 5.11. The summed E-state index contributed by atoms with van der Waals surface area (Å²) in [5.74, 6) is -0.727. The van der Waals surface area contributed by atoms with Crippen LogP contribution in [0.2, 0.25) is 0 Å². The van der Waals surface area contributed by atoms with Gasteiger partial charge >= 0.3 is 0 Å². The number of carbonyl (C=O) groups excluding carboxylic acids is 2. The van der Waals surface area contributed by atoms with Crippen molar-refractivity contribution in [1.29, 1.82) is 0 Å². The Morgan fingerprint density at radius 3 is 2.43 bits per heavy atom. The van der Waals surface area contributed by atoms with E-state index in [0.717, 1.165) is 23.1 Å². The Morgan fingerprint density at radius 1 is 1.04 bits per heavy atom. The minimum absolute atomic E-state index is 0.343. The Hall–Kier alpha value is -2.88. The molecule has 2 amide bonds. The molecule has 2 aromatic rings. The Morgan fingerprint density at radius 2 is 1.78 bits per heavy atom. The molecule has 0 heterocycles. The van der Waals surface area contributed by atoms with E-state index in [0.29, 0.717) is 5.56 Å². The highest BCUT2D eigenvalue weighted by Crippen LogP contribution is 2.06.